The molecule has 3 aromatic rings. The second kappa shape index (κ2) is 8.13. The Bertz CT molecular complexity index is 987. The average molecular weight is 373 g/mol. The van der Waals surface area contributed by atoms with Crippen molar-refractivity contribution in [2.45, 2.75) is 19.4 Å². The number of hydrogen-bond donors (Lipinski definition) is 1. The highest BCUT2D eigenvalue weighted by molar-refractivity contribution is 6.07. The van der Waals surface area contributed by atoms with Gasteiger partial charge >= 0.3 is 0 Å². The molecule has 1 N–H and O–H groups in total. The van der Waals surface area contributed by atoms with E-state index in [0.717, 1.165) is 36.4 Å². The number of carbonyl (C=O) groups is 1. The van der Waals surface area contributed by atoms with Crippen LogP contribution in [-0.4, -0.2) is 24.5 Å². The molecule has 28 heavy (non-hydrogen) atoms. The lowest BCUT2D eigenvalue weighted by atomic mass is 10.0. The molecule has 2 heterocycles. The number of carbonyl (C=O) groups excluding carboxylic acids is 1. The van der Waals surface area contributed by atoms with Gasteiger partial charge in [-0.25, -0.2) is 4.98 Å². The predicted octanol–water partition coefficient (Wildman–Crippen LogP) is 4.30. The van der Waals surface area contributed by atoms with Crippen LogP contribution in [0, 0.1) is 0 Å². The molecule has 2 aromatic carbocycles. The van der Waals surface area contributed by atoms with E-state index in [1.54, 1.807) is 19.4 Å². The van der Waals surface area contributed by atoms with Crippen LogP contribution < -0.4 is 15.0 Å². The molecule has 4 rings (SSSR count). The summed E-state index contributed by atoms with van der Waals surface area (Å²) in [6, 6.07) is 19.6. The Hall–Kier alpha value is -3.34. The number of anilines is 2. The van der Waals surface area contributed by atoms with Crippen molar-refractivity contribution >= 4 is 17.4 Å². The van der Waals surface area contributed by atoms with Crippen molar-refractivity contribution in [1.29, 1.82) is 0 Å². The van der Waals surface area contributed by atoms with Gasteiger partial charge in [-0.15, -0.1) is 0 Å². The lowest BCUT2D eigenvalue weighted by Gasteiger charge is -2.29. The zero-order valence-electron chi connectivity index (χ0n) is 15.9. The highest BCUT2D eigenvalue weighted by Gasteiger charge is 2.23. The fraction of sp³-hybridized carbons (Fsp3) is 0.217. The number of nitrogens with zero attached hydrogens (tertiary/aromatic N) is 2. The van der Waals surface area contributed by atoms with Crippen molar-refractivity contribution in [1.82, 2.24) is 4.98 Å². The smallest absolute Gasteiger partial charge is 0.258 e. The third kappa shape index (κ3) is 3.69. The molecule has 0 saturated carbocycles. The molecular weight excluding hydrogens is 350 g/mol. The van der Waals surface area contributed by atoms with E-state index < -0.39 is 0 Å². The molecule has 1 aromatic heterocycles. The summed E-state index contributed by atoms with van der Waals surface area (Å²) < 4.78 is 5.39. The minimum atomic E-state index is 0.00916. The summed E-state index contributed by atoms with van der Waals surface area (Å²) in [5, 5.41) is 3.29. The summed E-state index contributed by atoms with van der Waals surface area (Å²) in [7, 11) is 1.66. The van der Waals surface area contributed by atoms with Gasteiger partial charge in [0, 0.05) is 36.1 Å². The molecule has 0 saturated heterocycles. The number of nitrogens with one attached hydrogen (secondary N) is 1. The SMILES string of the molecule is COc1ccccc1CNc1cc(C(=O)N2CCCc3ccccc32)ccn1. The fourth-order valence-electron chi connectivity index (χ4n) is 3.60. The molecule has 0 fully saturated rings. The Kier molecular flexibility index (Phi) is 5.24. The van der Waals surface area contributed by atoms with Crippen LogP contribution in [0.2, 0.25) is 0 Å². The van der Waals surface area contributed by atoms with Crippen LogP contribution in [0.15, 0.2) is 66.9 Å². The minimum absolute atomic E-state index is 0.00916. The summed E-state index contributed by atoms with van der Waals surface area (Å²) in [4.78, 5) is 19.4. The second-order valence-corrected chi connectivity index (χ2v) is 6.78. The maximum absolute atomic E-state index is 13.1. The zero-order valence-corrected chi connectivity index (χ0v) is 15.9. The van der Waals surface area contributed by atoms with E-state index in [0.29, 0.717) is 17.9 Å². The topological polar surface area (TPSA) is 54.5 Å². The van der Waals surface area contributed by atoms with E-state index in [9.17, 15) is 4.79 Å². The van der Waals surface area contributed by atoms with Crippen LogP contribution in [-0.2, 0) is 13.0 Å². The number of pyridine rings is 1. The molecule has 5 heteroatoms. The number of ether oxygens (including phenoxy) is 1. The van der Waals surface area contributed by atoms with Gasteiger partial charge in [0.05, 0.1) is 7.11 Å². The number of aromatic nitrogens is 1. The van der Waals surface area contributed by atoms with Crippen molar-refractivity contribution in [2.24, 2.45) is 0 Å². The van der Waals surface area contributed by atoms with Crippen molar-refractivity contribution in [3.63, 3.8) is 0 Å². The molecule has 0 spiro atoms. The van der Waals surface area contributed by atoms with Gasteiger partial charge in [-0.2, -0.15) is 0 Å². The zero-order chi connectivity index (χ0) is 19.3. The third-order valence-corrected chi connectivity index (χ3v) is 5.01. The van der Waals surface area contributed by atoms with E-state index in [1.165, 1.54) is 5.56 Å². The minimum Gasteiger partial charge on any atom is -0.496 e. The first-order valence-electron chi connectivity index (χ1n) is 9.48. The molecular formula is C23H23N3O2. The summed E-state index contributed by atoms with van der Waals surface area (Å²) in [5.41, 5.74) is 3.91. The second-order valence-electron chi connectivity index (χ2n) is 6.78. The molecule has 0 radical (unpaired) electrons. The number of hydrogen-bond acceptors (Lipinski definition) is 4. The van der Waals surface area contributed by atoms with Crippen LogP contribution in [0.5, 0.6) is 5.75 Å². The van der Waals surface area contributed by atoms with Crippen molar-refractivity contribution in [3.8, 4) is 5.75 Å². The molecule has 0 unspecified atom stereocenters. The van der Waals surface area contributed by atoms with E-state index in [-0.39, 0.29) is 5.91 Å². The van der Waals surface area contributed by atoms with Gasteiger partial charge < -0.3 is 15.0 Å². The van der Waals surface area contributed by atoms with Gasteiger partial charge in [0.15, 0.2) is 0 Å². The average Bonchev–Trinajstić information content (AvgIpc) is 2.77. The molecule has 1 aliphatic heterocycles. The molecule has 5 nitrogen and oxygen atoms in total. The monoisotopic (exact) mass is 373 g/mol. The number of para-hydroxylation sites is 2. The van der Waals surface area contributed by atoms with Gasteiger partial charge in [0.25, 0.3) is 5.91 Å². The number of methoxy groups -OCH3 is 1. The Labute approximate surface area is 165 Å². The van der Waals surface area contributed by atoms with Crippen molar-refractivity contribution in [2.75, 3.05) is 23.9 Å². The maximum Gasteiger partial charge on any atom is 0.258 e. The number of benzene rings is 2. The van der Waals surface area contributed by atoms with Gasteiger partial charge in [0.2, 0.25) is 0 Å². The van der Waals surface area contributed by atoms with Crippen molar-refractivity contribution < 1.29 is 9.53 Å². The van der Waals surface area contributed by atoms with Gasteiger partial charge in [0.1, 0.15) is 11.6 Å². The summed E-state index contributed by atoms with van der Waals surface area (Å²) in [6.45, 7) is 1.31. The number of rotatable bonds is 5. The Morgan fingerprint density at radius 1 is 1.14 bits per heavy atom. The molecule has 142 valence electrons. The van der Waals surface area contributed by atoms with Crippen LogP contribution >= 0.6 is 0 Å². The molecule has 1 amide bonds. The normalized spacial score (nSPS) is 13.0. The summed E-state index contributed by atoms with van der Waals surface area (Å²) in [5.74, 6) is 1.50. The van der Waals surface area contributed by atoms with Gasteiger partial charge in [-0.1, -0.05) is 36.4 Å². The Morgan fingerprint density at radius 3 is 2.86 bits per heavy atom. The Morgan fingerprint density at radius 2 is 1.96 bits per heavy atom. The predicted molar refractivity (Wildman–Crippen MR) is 111 cm³/mol. The summed E-state index contributed by atoms with van der Waals surface area (Å²) in [6.07, 6.45) is 3.67. The van der Waals surface area contributed by atoms with Gasteiger partial charge in [-0.05, 0) is 42.7 Å². The van der Waals surface area contributed by atoms with Crippen LogP contribution in [0.3, 0.4) is 0 Å². The molecule has 1 aliphatic rings. The highest BCUT2D eigenvalue weighted by Crippen LogP contribution is 2.28. The highest BCUT2D eigenvalue weighted by atomic mass is 16.5. The van der Waals surface area contributed by atoms with Crippen LogP contribution in [0.1, 0.15) is 27.9 Å². The quantitative estimate of drug-likeness (QED) is 0.725. The first-order valence-corrected chi connectivity index (χ1v) is 9.48. The fourth-order valence-corrected chi connectivity index (χ4v) is 3.60. The lowest BCUT2D eigenvalue weighted by Crippen LogP contribution is -2.35. The summed E-state index contributed by atoms with van der Waals surface area (Å²) >= 11 is 0. The molecule has 0 atom stereocenters. The van der Waals surface area contributed by atoms with Crippen molar-refractivity contribution in [3.05, 3.63) is 83.6 Å². The number of amides is 1. The first kappa shape index (κ1) is 18.0. The largest absolute Gasteiger partial charge is 0.496 e. The molecule has 0 aliphatic carbocycles. The van der Waals surface area contributed by atoms with E-state index >= 15 is 0 Å². The lowest BCUT2D eigenvalue weighted by molar-refractivity contribution is 0.0985. The third-order valence-electron chi connectivity index (χ3n) is 5.01. The standard InChI is InChI=1S/C23H23N3O2/c1-28-21-11-5-3-8-19(21)16-25-22-15-18(12-13-24-22)23(27)26-14-6-9-17-7-2-4-10-20(17)26/h2-5,7-8,10-13,15H,6,9,14,16H2,1H3,(H,24,25). The van der Waals surface area contributed by atoms with Gasteiger partial charge in [-0.3, -0.25) is 4.79 Å². The molecule has 0 bridgehead atoms. The Balaban J connectivity index is 1.52. The van der Waals surface area contributed by atoms with E-state index in [4.69, 9.17) is 4.74 Å². The van der Waals surface area contributed by atoms with E-state index in [1.807, 2.05) is 53.4 Å². The van der Waals surface area contributed by atoms with Crippen LogP contribution in [0.25, 0.3) is 0 Å². The first-order chi connectivity index (χ1) is 13.8. The van der Waals surface area contributed by atoms with E-state index in [2.05, 4.69) is 16.4 Å². The number of fused-ring (bicyclic) bond motifs is 1. The van der Waals surface area contributed by atoms with Crippen LogP contribution in [0.4, 0.5) is 11.5 Å². The maximum atomic E-state index is 13.1. The number of aryl methyl sites for hydroxylation is 1.